The molecule has 0 saturated carbocycles. The van der Waals surface area contributed by atoms with Crippen molar-refractivity contribution in [3.05, 3.63) is 60.4 Å². The Morgan fingerprint density at radius 3 is 2.00 bits per heavy atom. The molecule has 0 spiro atoms. The highest BCUT2D eigenvalue weighted by atomic mass is 15.4. The molecule has 0 bridgehead atoms. The van der Waals surface area contributed by atoms with Crippen molar-refractivity contribution in [2.45, 2.75) is 6.92 Å². The van der Waals surface area contributed by atoms with Gasteiger partial charge in [0, 0.05) is 0 Å². The Morgan fingerprint density at radius 1 is 0.765 bits per heavy atom. The standard InChI is InChI=1S/C11H10.C2H2N4/c1-9-6-7-10-4-2-3-5-11(10)8-9;1-2-4-6-5-3-1/h2-8H,1H3;1-2H. The lowest BCUT2D eigenvalue weighted by molar-refractivity contribution is 0.761. The molecule has 0 aliphatic carbocycles. The largest absolute Gasteiger partial charge is 0.136 e. The molecule has 0 radical (unpaired) electrons. The van der Waals surface area contributed by atoms with Gasteiger partial charge in [-0.05, 0) is 28.1 Å². The molecule has 3 aromatic rings. The fraction of sp³-hybridized carbons (Fsp3) is 0.0769. The van der Waals surface area contributed by atoms with E-state index in [1.54, 1.807) is 0 Å². The predicted molar refractivity (Wildman–Crippen MR) is 66.3 cm³/mol. The number of nitrogens with zero attached hydrogens (tertiary/aromatic N) is 4. The lowest BCUT2D eigenvalue weighted by Gasteiger charge is -1.96. The molecular formula is C13H12N4. The van der Waals surface area contributed by atoms with Crippen molar-refractivity contribution in [2.75, 3.05) is 0 Å². The van der Waals surface area contributed by atoms with Gasteiger partial charge in [-0.15, -0.1) is 10.2 Å². The third kappa shape index (κ3) is 3.31. The Bertz CT molecular complexity index is 554. The minimum atomic E-state index is 1.32. The van der Waals surface area contributed by atoms with E-state index < -0.39 is 0 Å². The number of aromatic nitrogens is 4. The van der Waals surface area contributed by atoms with Crippen molar-refractivity contribution < 1.29 is 0 Å². The molecule has 0 aliphatic heterocycles. The zero-order valence-corrected chi connectivity index (χ0v) is 9.49. The summed E-state index contributed by atoms with van der Waals surface area (Å²) < 4.78 is 0. The Balaban J connectivity index is 0.000000153. The molecule has 2 aromatic carbocycles. The van der Waals surface area contributed by atoms with Crippen LogP contribution in [-0.2, 0) is 0 Å². The highest BCUT2D eigenvalue weighted by molar-refractivity contribution is 5.82. The van der Waals surface area contributed by atoms with Crippen LogP contribution in [0.3, 0.4) is 0 Å². The minimum absolute atomic E-state index is 1.32. The summed E-state index contributed by atoms with van der Waals surface area (Å²) in [6, 6.07) is 14.9. The number of rotatable bonds is 0. The highest BCUT2D eigenvalue weighted by Gasteiger charge is 1.89. The van der Waals surface area contributed by atoms with E-state index in [0.29, 0.717) is 0 Å². The normalized spacial score (nSPS) is 9.47. The van der Waals surface area contributed by atoms with Gasteiger partial charge in [-0.25, -0.2) is 0 Å². The van der Waals surface area contributed by atoms with E-state index in [1.807, 2.05) is 0 Å². The third-order valence-corrected chi connectivity index (χ3v) is 2.25. The van der Waals surface area contributed by atoms with E-state index >= 15 is 0 Å². The number of benzene rings is 2. The summed E-state index contributed by atoms with van der Waals surface area (Å²) in [5, 5.41) is 15.7. The number of hydrogen-bond donors (Lipinski definition) is 0. The van der Waals surface area contributed by atoms with Gasteiger partial charge in [-0.2, -0.15) is 0 Å². The van der Waals surface area contributed by atoms with Gasteiger partial charge < -0.3 is 0 Å². The minimum Gasteiger partial charge on any atom is -0.136 e. The van der Waals surface area contributed by atoms with Crippen LogP contribution in [0.5, 0.6) is 0 Å². The van der Waals surface area contributed by atoms with Gasteiger partial charge in [0.25, 0.3) is 0 Å². The molecule has 1 heterocycles. The highest BCUT2D eigenvalue weighted by Crippen LogP contribution is 2.14. The Kier molecular flexibility index (Phi) is 3.70. The molecule has 4 nitrogen and oxygen atoms in total. The molecule has 1 aromatic heterocycles. The molecular weight excluding hydrogens is 212 g/mol. The van der Waals surface area contributed by atoms with Crippen molar-refractivity contribution >= 4 is 10.8 Å². The monoisotopic (exact) mass is 224 g/mol. The first-order valence-corrected chi connectivity index (χ1v) is 5.27. The number of fused-ring (bicyclic) bond motifs is 1. The summed E-state index contributed by atoms with van der Waals surface area (Å²) in [6.07, 6.45) is 2.93. The van der Waals surface area contributed by atoms with Crippen LogP contribution in [0.2, 0.25) is 0 Å². The summed E-state index contributed by atoms with van der Waals surface area (Å²) in [5.41, 5.74) is 1.32. The predicted octanol–water partition coefficient (Wildman–Crippen LogP) is 2.41. The van der Waals surface area contributed by atoms with Gasteiger partial charge in [0.15, 0.2) is 0 Å². The second kappa shape index (κ2) is 5.65. The van der Waals surface area contributed by atoms with Crippen LogP contribution >= 0.6 is 0 Å². The van der Waals surface area contributed by atoms with Crippen molar-refractivity contribution in [2.24, 2.45) is 0 Å². The molecule has 84 valence electrons. The number of hydrogen-bond acceptors (Lipinski definition) is 4. The van der Waals surface area contributed by atoms with E-state index in [9.17, 15) is 0 Å². The van der Waals surface area contributed by atoms with Crippen LogP contribution in [0.4, 0.5) is 0 Å². The Morgan fingerprint density at radius 2 is 1.41 bits per heavy atom. The first-order chi connectivity index (χ1) is 8.36. The van der Waals surface area contributed by atoms with E-state index in [1.165, 1.54) is 28.7 Å². The molecule has 0 N–H and O–H groups in total. The average molecular weight is 224 g/mol. The topological polar surface area (TPSA) is 51.6 Å². The maximum Gasteiger partial charge on any atom is 0.0716 e. The summed E-state index contributed by atoms with van der Waals surface area (Å²) in [4.78, 5) is 0. The van der Waals surface area contributed by atoms with E-state index in [4.69, 9.17) is 0 Å². The molecule has 0 aliphatic rings. The van der Waals surface area contributed by atoms with Crippen molar-refractivity contribution in [3.63, 3.8) is 0 Å². The first-order valence-electron chi connectivity index (χ1n) is 5.27. The first kappa shape index (κ1) is 11.1. The second-order valence-electron chi connectivity index (χ2n) is 3.56. The van der Waals surface area contributed by atoms with E-state index in [2.05, 4.69) is 70.0 Å². The van der Waals surface area contributed by atoms with Crippen LogP contribution < -0.4 is 0 Å². The van der Waals surface area contributed by atoms with Gasteiger partial charge in [-0.3, -0.25) is 0 Å². The Labute approximate surface area is 99.3 Å². The van der Waals surface area contributed by atoms with Gasteiger partial charge in [0.2, 0.25) is 0 Å². The number of aryl methyl sites for hydroxylation is 1. The SMILES string of the molecule is Cc1ccc2ccccc2c1.c1cnnnn1. The average Bonchev–Trinajstić information content (AvgIpc) is 2.41. The van der Waals surface area contributed by atoms with Gasteiger partial charge in [-0.1, -0.05) is 48.0 Å². The molecule has 0 saturated heterocycles. The van der Waals surface area contributed by atoms with Gasteiger partial charge in [0.1, 0.15) is 0 Å². The molecule has 0 fully saturated rings. The summed E-state index contributed by atoms with van der Waals surface area (Å²) in [7, 11) is 0. The van der Waals surface area contributed by atoms with Crippen LogP contribution in [0.25, 0.3) is 10.8 Å². The lowest BCUT2D eigenvalue weighted by atomic mass is 10.1. The molecule has 0 atom stereocenters. The van der Waals surface area contributed by atoms with Gasteiger partial charge in [0.05, 0.1) is 12.4 Å². The third-order valence-electron chi connectivity index (χ3n) is 2.25. The van der Waals surface area contributed by atoms with Crippen molar-refractivity contribution in [3.8, 4) is 0 Å². The maximum absolute atomic E-state index is 3.36. The lowest BCUT2D eigenvalue weighted by Crippen LogP contribution is -1.84. The van der Waals surface area contributed by atoms with E-state index in [-0.39, 0.29) is 0 Å². The van der Waals surface area contributed by atoms with Crippen molar-refractivity contribution in [1.29, 1.82) is 0 Å². The van der Waals surface area contributed by atoms with Gasteiger partial charge >= 0.3 is 0 Å². The zero-order valence-electron chi connectivity index (χ0n) is 9.49. The van der Waals surface area contributed by atoms with Crippen LogP contribution in [0, 0.1) is 6.92 Å². The van der Waals surface area contributed by atoms with Crippen molar-refractivity contribution in [1.82, 2.24) is 20.6 Å². The van der Waals surface area contributed by atoms with Crippen LogP contribution in [0.1, 0.15) is 5.56 Å². The molecule has 4 heteroatoms. The van der Waals surface area contributed by atoms with Crippen LogP contribution in [0.15, 0.2) is 54.9 Å². The maximum atomic E-state index is 3.36. The molecule has 17 heavy (non-hydrogen) atoms. The smallest absolute Gasteiger partial charge is 0.0716 e. The molecule has 3 rings (SSSR count). The molecule has 0 amide bonds. The summed E-state index contributed by atoms with van der Waals surface area (Å²) >= 11 is 0. The molecule has 0 unspecified atom stereocenters. The van der Waals surface area contributed by atoms with Crippen LogP contribution in [-0.4, -0.2) is 20.6 Å². The Hall–Kier alpha value is -2.36. The fourth-order valence-electron chi connectivity index (χ4n) is 1.47. The second-order valence-corrected chi connectivity index (χ2v) is 3.56. The zero-order chi connectivity index (χ0) is 11.9. The fourth-order valence-corrected chi connectivity index (χ4v) is 1.47. The summed E-state index contributed by atoms with van der Waals surface area (Å²) in [5.74, 6) is 0. The summed E-state index contributed by atoms with van der Waals surface area (Å²) in [6.45, 7) is 2.12. The van der Waals surface area contributed by atoms with E-state index in [0.717, 1.165) is 0 Å². The quantitative estimate of drug-likeness (QED) is 0.588.